The number of nitrogens with one attached hydrogen (secondary N) is 1. The summed E-state index contributed by atoms with van der Waals surface area (Å²) in [6.07, 6.45) is 5.67. The molecule has 7 nitrogen and oxygen atoms in total. The summed E-state index contributed by atoms with van der Waals surface area (Å²) in [5.41, 5.74) is 4.20. The zero-order valence-corrected chi connectivity index (χ0v) is 17.2. The van der Waals surface area contributed by atoms with Crippen LogP contribution in [0.1, 0.15) is 41.0 Å². The van der Waals surface area contributed by atoms with E-state index in [4.69, 9.17) is 0 Å². The summed E-state index contributed by atoms with van der Waals surface area (Å²) in [4.78, 5) is 31.5. The van der Waals surface area contributed by atoms with Gasteiger partial charge < -0.3 is 10.2 Å². The molecule has 2 amide bonds. The second kappa shape index (κ2) is 8.49. The molecule has 0 aliphatic carbocycles. The van der Waals surface area contributed by atoms with Crippen molar-refractivity contribution in [1.82, 2.24) is 19.7 Å². The van der Waals surface area contributed by atoms with Crippen LogP contribution in [0.3, 0.4) is 0 Å². The van der Waals surface area contributed by atoms with Crippen LogP contribution >= 0.6 is 0 Å². The van der Waals surface area contributed by atoms with E-state index in [1.165, 1.54) is 0 Å². The molecular weight excluding hydrogens is 378 g/mol. The van der Waals surface area contributed by atoms with Crippen LogP contribution in [0.15, 0.2) is 54.9 Å². The van der Waals surface area contributed by atoms with Crippen LogP contribution in [0.5, 0.6) is 0 Å². The van der Waals surface area contributed by atoms with Crippen molar-refractivity contribution in [3.05, 3.63) is 71.8 Å². The number of likely N-dealkylation sites (tertiary alicyclic amines) is 1. The standard InChI is InChI=1S/C23H25N5O2/c1-16-15-17(2)28(26-16)20-8-6-19(7-9-20)25-22(29)21-5-3-4-14-27(21)23(30)18-10-12-24-13-11-18/h6-13,15,21H,3-5,14H2,1-2H3,(H,25,29)/t21-/m1/s1. The molecule has 1 aromatic carbocycles. The van der Waals surface area contributed by atoms with E-state index in [1.54, 1.807) is 29.4 Å². The molecule has 0 radical (unpaired) electrons. The first-order valence-electron chi connectivity index (χ1n) is 10.2. The van der Waals surface area contributed by atoms with E-state index in [0.29, 0.717) is 24.2 Å². The highest BCUT2D eigenvalue weighted by molar-refractivity contribution is 6.01. The Labute approximate surface area is 175 Å². The van der Waals surface area contributed by atoms with Gasteiger partial charge in [0.05, 0.1) is 11.4 Å². The average Bonchev–Trinajstić information content (AvgIpc) is 3.12. The lowest BCUT2D eigenvalue weighted by atomic mass is 10.00. The Morgan fingerprint density at radius 3 is 2.43 bits per heavy atom. The normalized spacial score (nSPS) is 16.3. The summed E-state index contributed by atoms with van der Waals surface area (Å²) < 4.78 is 1.87. The number of rotatable bonds is 4. The third-order valence-corrected chi connectivity index (χ3v) is 5.38. The Kier molecular flexibility index (Phi) is 5.61. The molecule has 4 rings (SSSR count). The SMILES string of the molecule is Cc1cc(C)n(-c2ccc(NC(=O)[C@H]3CCCCN3C(=O)c3ccncc3)cc2)n1. The molecule has 0 spiro atoms. The monoisotopic (exact) mass is 403 g/mol. The molecule has 1 saturated heterocycles. The molecule has 1 fully saturated rings. The largest absolute Gasteiger partial charge is 0.327 e. The van der Waals surface area contributed by atoms with Crippen LogP contribution in [0, 0.1) is 13.8 Å². The first kappa shape index (κ1) is 19.8. The number of carbonyl (C=O) groups excluding carboxylic acids is 2. The minimum Gasteiger partial charge on any atom is -0.327 e. The Bertz CT molecular complexity index is 1040. The Hall–Kier alpha value is -3.48. The summed E-state index contributed by atoms with van der Waals surface area (Å²) in [6.45, 7) is 4.55. The van der Waals surface area contributed by atoms with Crippen molar-refractivity contribution in [3.63, 3.8) is 0 Å². The maximum atomic E-state index is 13.0. The molecule has 3 heterocycles. The van der Waals surface area contributed by atoms with Gasteiger partial charge in [0, 0.05) is 35.9 Å². The van der Waals surface area contributed by atoms with Gasteiger partial charge in [0.2, 0.25) is 5.91 Å². The van der Waals surface area contributed by atoms with Crippen LogP contribution < -0.4 is 5.32 Å². The highest BCUT2D eigenvalue weighted by atomic mass is 16.2. The van der Waals surface area contributed by atoms with E-state index >= 15 is 0 Å². The highest BCUT2D eigenvalue weighted by Gasteiger charge is 2.32. The van der Waals surface area contributed by atoms with Crippen molar-refractivity contribution in [2.45, 2.75) is 39.2 Å². The van der Waals surface area contributed by atoms with Gasteiger partial charge in [-0.1, -0.05) is 0 Å². The predicted molar refractivity (Wildman–Crippen MR) is 115 cm³/mol. The van der Waals surface area contributed by atoms with Gasteiger partial charge in [-0.05, 0) is 75.6 Å². The number of anilines is 1. The molecule has 154 valence electrons. The Morgan fingerprint density at radius 2 is 1.77 bits per heavy atom. The number of aryl methyl sites for hydroxylation is 2. The first-order chi connectivity index (χ1) is 14.5. The van der Waals surface area contributed by atoms with Crippen molar-refractivity contribution >= 4 is 17.5 Å². The number of hydrogen-bond donors (Lipinski definition) is 1. The zero-order chi connectivity index (χ0) is 21.1. The Morgan fingerprint density at radius 1 is 1.03 bits per heavy atom. The molecule has 1 aliphatic heterocycles. The van der Waals surface area contributed by atoms with E-state index in [0.717, 1.165) is 29.9 Å². The maximum Gasteiger partial charge on any atom is 0.254 e. The van der Waals surface area contributed by atoms with E-state index < -0.39 is 6.04 Å². The number of benzene rings is 1. The topological polar surface area (TPSA) is 80.1 Å². The molecule has 7 heteroatoms. The molecule has 3 aromatic rings. The third-order valence-electron chi connectivity index (χ3n) is 5.38. The number of carbonyl (C=O) groups is 2. The van der Waals surface area contributed by atoms with Crippen molar-refractivity contribution in [2.75, 3.05) is 11.9 Å². The summed E-state index contributed by atoms with van der Waals surface area (Å²) in [6, 6.07) is 12.5. The number of piperidine rings is 1. The van der Waals surface area contributed by atoms with E-state index in [-0.39, 0.29) is 11.8 Å². The molecule has 1 aliphatic rings. The smallest absolute Gasteiger partial charge is 0.254 e. The minimum atomic E-state index is -0.477. The number of amides is 2. The predicted octanol–water partition coefficient (Wildman–Crippen LogP) is 3.52. The number of pyridine rings is 1. The molecule has 2 aromatic heterocycles. The molecule has 0 bridgehead atoms. The zero-order valence-electron chi connectivity index (χ0n) is 17.2. The maximum absolute atomic E-state index is 13.0. The molecule has 0 saturated carbocycles. The van der Waals surface area contributed by atoms with E-state index in [2.05, 4.69) is 15.4 Å². The lowest BCUT2D eigenvalue weighted by Crippen LogP contribution is -2.50. The fraction of sp³-hybridized carbons (Fsp3) is 0.304. The van der Waals surface area contributed by atoms with Gasteiger partial charge >= 0.3 is 0 Å². The highest BCUT2D eigenvalue weighted by Crippen LogP contribution is 2.22. The van der Waals surface area contributed by atoms with Crippen LogP contribution in [0.2, 0.25) is 0 Å². The van der Waals surface area contributed by atoms with Gasteiger partial charge in [-0.25, -0.2) is 4.68 Å². The van der Waals surface area contributed by atoms with Gasteiger partial charge in [0.1, 0.15) is 6.04 Å². The lowest BCUT2D eigenvalue weighted by molar-refractivity contribution is -0.121. The van der Waals surface area contributed by atoms with Crippen molar-refractivity contribution in [3.8, 4) is 5.69 Å². The van der Waals surface area contributed by atoms with Gasteiger partial charge in [-0.2, -0.15) is 5.10 Å². The summed E-state index contributed by atoms with van der Waals surface area (Å²) in [5, 5.41) is 7.45. The van der Waals surface area contributed by atoms with Gasteiger partial charge in [0.25, 0.3) is 5.91 Å². The third kappa shape index (κ3) is 4.10. The Balaban J connectivity index is 1.48. The van der Waals surface area contributed by atoms with E-state index in [9.17, 15) is 9.59 Å². The number of aromatic nitrogens is 3. The molecule has 1 N–H and O–H groups in total. The van der Waals surface area contributed by atoms with Crippen LogP contribution in [-0.2, 0) is 4.79 Å². The quantitative estimate of drug-likeness (QED) is 0.723. The fourth-order valence-corrected chi connectivity index (χ4v) is 3.91. The first-order valence-corrected chi connectivity index (χ1v) is 10.2. The van der Waals surface area contributed by atoms with E-state index in [1.807, 2.05) is 48.9 Å². The summed E-state index contributed by atoms with van der Waals surface area (Å²) in [7, 11) is 0. The average molecular weight is 403 g/mol. The van der Waals surface area contributed by atoms with Gasteiger partial charge in [-0.3, -0.25) is 14.6 Å². The van der Waals surface area contributed by atoms with Crippen molar-refractivity contribution in [2.24, 2.45) is 0 Å². The van der Waals surface area contributed by atoms with Crippen LogP contribution in [0.25, 0.3) is 5.69 Å². The number of nitrogens with zero attached hydrogens (tertiary/aromatic N) is 4. The van der Waals surface area contributed by atoms with Crippen molar-refractivity contribution in [1.29, 1.82) is 0 Å². The van der Waals surface area contributed by atoms with Gasteiger partial charge in [0.15, 0.2) is 0 Å². The summed E-state index contributed by atoms with van der Waals surface area (Å²) >= 11 is 0. The van der Waals surface area contributed by atoms with Crippen LogP contribution in [-0.4, -0.2) is 44.1 Å². The fourth-order valence-electron chi connectivity index (χ4n) is 3.91. The molecule has 1 atom stereocenters. The number of hydrogen-bond acceptors (Lipinski definition) is 4. The summed E-state index contributed by atoms with van der Waals surface area (Å²) in [5.74, 6) is -0.284. The molecule has 0 unspecified atom stereocenters. The van der Waals surface area contributed by atoms with Gasteiger partial charge in [-0.15, -0.1) is 0 Å². The second-order valence-electron chi connectivity index (χ2n) is 7.62. The molecule has 30 heavy (non-hydrogen) atoms. The minimum absolute atomic E-state index is 0.128. The lowest BCUT2D eigenvalue weighted by Gasteiger charge is -2.34. The van der Waals surface area contributed by atoms with Crippen LogP contribution in [0.4, 0.5) is 5.69 Å². The molecular formula is C23H25N5O2. The van der Waals surface area contributed by atoms with Crippen molar-refractivity contribution < 1.29 is 9.59 Å². The second-order valence-corrected chi connectivity index (χ2v) is 7.62.